The van der Waals surface area contributed by atoms with Crippen LogP contribution in [0.4, 0.5) is 0 Å². The minimum atomic E-state index is -0.142. The number of hydrogen-bond donors (Lipinski definition) is 1. The first-order chi connectivity index (χ1) is 14.5. The van der Waals surface area contributed by atoms with Crippen molar-refractivity contribution < 1.29 is 23.8 Å². The quantitative estimate of drug-likeness (QED) is 0.776. The van der Waals surface area contributed by atoms with Gasteiger partial charge in [0.1, 0.15) is 5.69 Å². The average molecular weight is 414 g/mol. The molecule has 1 aromatic carbocycles. The molecule has 4 rings (SSSR count). The molecule has 1 aliphatic heterocycles. The van der Waals surface area contributed by atoms with Crippen molar-refractivity contribution in [1.82, 2.24) is 20.0 Å². The Morgan fingerprint density at radius 1 is 0.900 bits per heavy atom. The lowest BCUT2D eigenvalue weighted by Crippen LogP contribution is -2.50. The number of aromatic amines is 1. The van der Waals surface area contributed by atoms with Gasteiger partial charge in [0.15, 0.2) is 11.5 Å². The molecule has 1 N–H and O–H groups in total. The molecule has 0 bridgehead atoms. The molecule has 0 spiro atoms. The average Bonchev–Trinajstić information content (AvgIpc) is 3.53. The van der Waals surface area contributed by atoms with Gasteiger partial charge in [-0.15, -0.1) is 0 Å². The van der Waals surface area contributed by atoms with Gasteiger partial charge in [-0.3, -0.25) is 14.7 Å². The zero-order valence-corrected chi connectivity index (χ0v) is 17.4. The number of nitrogens with zero attached hydrogens (tertiary/aromatic N) is 3. The Kier molecular flexibility index (Phi) is 5.52. The van der Waals surface area contributed by atoms with Crippen LogP contribution in [0.2, 0.25) is 0 Å². The highest BCUT2D eigenvalue weighted by molar-refractivity contribution is 5.96. The maximum Gasteiger partial charge on any atom is 0.274 e. The molecule has 1 saturated carbocycles. The van der Waals surface area contributed by atoms with Gasteiger partial charge < -0.3 is 24.0 Å². The van der Waals surface area contributed by atoms with Crippen molar-refractivity contribution in [2.24, 2.45) is 0 Å². The zero-order chi connectivity index (χ0) is 21.3. The summed E-state index contributed by atoms with van der Waals surface area (Å²) in [4.78, 5) is 29.2. The van der Waals surface area contributed by atoms with E-state index in [4.69, 9.17) is 14.2 Å². The molecule has 2 aliphatic rings. The van der Waals surface area contributed by atoms with Gasteiger partial charge in [-0.2, -0.15) is 5.10 Å². The van der Waals surface area contributed by atoms with Crippen LogP contribution in [0.1, 0.15) is 45.3 Å². The van der Waals surface area contributed by atoms with Crippen molar-refractivity contribution in [3.05, 3.63) is 35.2 Å². The third-order valence-corrected chi connectivity index (χ3v) is 5.60. The number of carbonyl (C=O) groups is 2. The summed E-state index contributed by atoms with van der Waals surface area (Å²) in [6.45, 7) is 1.81. The van der Waals surface area contributed by atoms with E-state index >= 15 is 0 Å². The van der Waals surface area contributed by atoms with E-state index in [0.717, 1.165) is 18.5 Å². The van der Waals surface area contributed by atoms with Crippen LogP contribution in [0.3, 0.4) is 0 Å². The first kappa shape index (κ1) is 20.1. The van der Waals surface area contributed by atoms with Gasteiger partial charge in [0.25, 0.3) is 11.8 Å². The SMILES string of the molecule is COc1cc(C(=O)N2CCN(C(=O)c3cc(C4CC4)[nH]n3)CC2)cc(OC)c1OC. The standard InChI is InChI=1S/C21H26N4O5/c1-28-17-10-14(11-18(29-2)19(17)30-3)20(26)24-6-8-25(9-7-24)21(27)16-12-15(22-23-16)13-4-5-13/h10-13H,4-9H2,1-3H3,(H,22,23). The van der Waals surface area contributed by atoms with Crippen LogP contribution in [-0.4, -0.2) is 79.3 Å². The lowest BCUT2D eigenvalue weighted by molar-refractivity contribution is 0.0532. The molecule has 2 heterocycles. The number of amides is 2. The van der Waals surface area contributed by atoms with Crippen LogP contribution in [0.15, 0.2) is 18.2 Å². The van der Waals surface area contributed by atoms with Crippen molar-refractivity contribution >= 4 is 11.8 Å². The maximum absolute atomic E-state index is 13.0. The second kappa shape index (κ2) is 8.25. The van der Waals surface area contributed by atoms with Crippen LogP contribution in [-0.2, 0) is 0 Å². The van der Waals surface area contributed by atoms with Crippen LogP contribution in [0.25, 0.3) is 0 Å². The normalized spacial score (nSPS) is 16.4. The Hall–Kier alpha value is -3.23. The van der Waals surface area contributed by atoms with Crippen LogP contribution < -0.4 is 14.2 Å². The highest BCUT2D eigenvalue weighted by Crippen LogP contribution is 2.39. The zero-order valence-electron chi connectivity index (χ0n) is 17.4. The third-order valence-electron chi connectivity index (χ3n) is 5.60. The number of nitrogens with one attached hydrogen (secondary N) is 1. The van der Waals surface area contributed by atoms with E-state index in [-0.39, 0.29) is 11.8 Å². The molecule has 1 saturated heterocycles. The molecule has 9 nitrogen and oxygen atoms in total. The molecular formula is C21H26N4O5. The Morgan fingerprint density at radius 3 is 1.97 bits per heavy atom. The summed E-state index contributed by atoms with van der Waals surface area (Å²) in [6, 6.07) is 5.14. The molecule has 0 atom stereocenters. The predicted octanol–water partition coefficient (Wildman–Crippen LogP) is 1.91. The fourth-order valence-electron chi connectivity index (χ4n) is 3.71. The molecule has 2 fully saturated rings. The Morgan fingerprint density at radius 2 is 1.47 bits per heavy atom. The summed E-state index contributed by atoms with van der Waals surface area (Å²) in [5, 5.41) is 7.14. The Labute approximate surface area is 174 Å². The summed E-state index contributed by atoms with van der Waals surface area (Å²) in [5.74, 6) is 1.58. The maximum atomic E-state index is 13.0. The first-order valence-electron chi connectivity index (χ1n) is 9.99. The van der Waals surface area contributed by atoms with E-state index in [0.29, 0.717) is 60.6 Å². The van der Waals surface area contributed by atoms with Crippen LogP contribution >= 0.6 is 0 Å². The number of H-pyrrole nitrogens is 1. The first-order valence-corrected chi connectivity index (χ1v) is 9.99. The molecule has 9 heteroatoms. The van der Waals surface area contributed by atoms with Crippen molar-refractivity contribution in [3.8, 4) is 17.2 Å². The highest BCUT2D eigenvalue weighted by atomic mass is 16.5. The second-order valence-corrected chi connectivity index (χ2v) is 7.48. The van der Waals surface area contributed by atoms with Crippen LogP contribution in [0, 0.1) is 0 Å². The predicted molar refractivity (Wildman–Crippen MR) is 108 cm³/mol. The molecule has 30 heavy (non-hydrogen) atoms. The summed E-state index contributed by atoms with van der Waals surface area (Å²) in [7, 11) is 4.55. The number of benzene rings is 1. The molecule has 1 aliphatic carbocycles. The van der Waals surface area contributed by atoms with E-state index in [9.17, 15) is 9.59 Å². The monoisotopic (exact) mass is 414 g/mol. The lowest BCUT2D eigenvalue weighted by atomic mass is 10.1. The minimum Gasteiger partial charge on any atom is -0.493 e. The van der Waals surface area contributed by atoms with Gasteiger partial charge in [-0.25, -0.2) is 0 Å². The largest absolute Gasteiger partial charge is 0.493 e. The van der Waals surface area contributed by atoms with Gasteiger partial charge in [-0.1, -0.05) is 0 Å². The van der Waals surface area contributed by atoms with E-state index in [1.165, 1.54) is 21.3 Å². The number of methoxy groups -OCH3 is 3. The smallest absolute Gasteiger partial charge is 0.274 e. The lowest BCUT2D eigenvalue weighted by Gasteiger charge is -2.34. The van der Waals surface area contributed by atoms with Gasteiger partial charge in [0.2, 0.25) is 5.75 Å². The Bertz CT molecular complexity index is 920. The van der Waals surface area contributed by atoms with Crippen molar-refractivity contribution in [1.29, 1.82) is 0 Å². The van der Waals surface area contributed by atoms with Crippen molar-refractivity contribution in [3.63, 3.8) is 0 Å². The fourth-order valence-corrected chi connectivity index (χ4v) is 3.71. The second-order valence-electron chi connectivity index (χ2n) is 7.48. The van der Waals surface area contributed by atoms with E-state index in [2.05, 4.69) is 10.2 Å². The summed E-state index contributed by atoms with van der Waals surface area (Å²) >= 11 is 0. The third kappa shape index (κ3) is 3.79. The summed E-state index contributed by atoms with van der Waals surface area (Å²) < 4.78 is 16.0. The van der Waals surface area contributed by atoms with Crippen LogP contribution in [0.5, 0.6) is 17.2 Å². The van der Waals surface area contributed by atoms with Gasteiger partial charge >= 0.3 is 0 Å². The Balaban J connectivity index is 1.42. The molecule has 2 aromatic rings. The molecule has 0 radical (unpaired) electrons. The van der Waals surface area contributed by atoms with Crippen molar-refractivity contribution in [2.75, 3.05) is 47.5 Å². The van der Waals surface area contributed by atoms with Gasteiger partial charge in [0.05, 0.1) is 21.3 Å². The highest BCUT2D eigenvalue weighted by Gasteiger charge is 2.30. The number of carbonyl (C=O) groups excluding carboxylic acids is 2. The number of aromatic nitrogens is 2. The van der Waals surface area contributed by atoms with E-state index in [1.807, 2.05) is 6.07 Å². The van der Waals surface area contributed by atoms with Gasteiger partial charge in [-0.05, 0) is 31.0 Å². The van der Waals surface area contributed by atoms with Gasteiger partial charge in [0, 0.05) is 43.4 Å². The topological polar surface area (TPSA) is 97.0 Å². The van der Waals surface area contributed by atoms with Crippen molar-refractivity contribution in [2.45, 2.75) is 18.8 Å². The fraction of sp³-hybridized carbons (Fsp3) is 0.476. The number of ether oxygens (including phenoxy) is 3. The number of hydrogen-bond acceptors (Lipinski definition) is 6. The summed E-state index contributed by atoms with van der Waals surface area (Å²) in [6.07, 6.45) is 2.30. The molecular weight excluding hydrogens is 388 g/mol. The van der Waals surface area contributed by atoms with E-state index < -0.39 is 0 Å². The molecule has 2 amide bonds. The molecule has 0 unspecified atom stereocenters. The number of rotatable bonds is 6. The van der Waals surface area contributed by atoms with E-state index in [1.54, 1.807) is 21.9 Å². The summed E-state index contributed by atoms with van der Waals surface area (Å²) in [5.41, 5.74) is 1.93. The number of piperazine rings is 1. The molecule has 160 valence electrons. The minimum absolute atomic E-state index is 0.0990. The molecule has 1 aromatic heterocycles.